The van der Waals surface area contributed by atoms with Crippen molar-refractivity contribution < 1.29 is 19.1 Å². The molecule has 0 spiro atoms. The number of amides is 3. The van der Waals surface area contributed by atoms with E-state index in [9.17, 15) is 14.4 Å². The van der Waals surface area contributed by atoms with Crippen LogP contribution in [-0.2, 0) is 4.74 Å². The summed E-state index contributed by atoms with van der Waals surface area (Å²) in [5, 5.41) is 5.79. The van der Waals surface area contributed by atoms with E-state index >= 15 is 0 Å². The van der Waals surface area contributed by atoms with E-state index in [0.717, 1.165) is 0 Å². The largest absolute Gasteiger partial charge is 0.450 e. The lowest BCUT2D eigenvalue weighted by atomic mass is 10.0. The maximum atomic E-state index is 12.5. The van der Waals surface area contributed by atoms with E-state index in [1.54, 1.807) is 17.9 Å². The Morgan fingerprint density at radius 3 is 2.48 bits per heavy atom. The lowest BCUT2D eigenvalue weighted by Gasteiger charge is -2.31. The van der Waals surface area contributed by atoms with Crippen LogP contribution < -0.4 is 10.6 Å². The van der Waals surface area contributed by atoms with Crippen LogP contribution in [0.5, 0.6) is 0 Å². The summed E-state index contributed by atoms with van der Waals surface area (Å²) in [6.45, 7) is 8.84. The quantitative estimate of drug-likeness (QED) is 0.837. The fourth-order valence-electron chi connectivity index (χ4n) is 2.79. The molecular formula is C19H28N4O4. The molecule has 0 saturated carbocycles. The van der Waals surface area contributed by atoms with Gasteiger partial charge in [0, 0.05) is 36.4 Å². The molecule has 1 aromatic rings. The fourth-order valence-corrected chi connectivity index (χ4v) is 2.79. The summed E-state index contributed by atoms with van der Waals surface area (Å²) in [7, 11) is 0. The van der Waals surface area contributed by atoms with Gasteiger partial charge in [0.05, 0.1) is 6.61 Å². The third-order valence-electron chi connectivity index (χ3n) is 4.10. The van der Waals surface area contributed by atoms with Crippen molar-refractivity contribution >= 4 is 17.9 Å². The number of aromatic nitrogens is 1. The average Bonchev–Trinajstić information content (AvgIpc) is 2.61. The molecule has 1 aromatic heterocycles. The van der Waals surface area contributed by atoms with Crippen LogP contribution in [0.2, 0.25) is 0 Å². The second kappa shape index (κ2) is 8.83. The number of hydrogen-bond acceptors (Lipinski definition) is 5. The van der Waals surface area contributed by atoms with Gasteiger partial charge in [0.25, 0.3) is 11.8 Å². The smallest absolute Gasteiger partial charge is 0.409 e. The molecular weight excluding hydrogens is 348 g/mol. The molecule has 1 aliphatic rings. The molecule has 148 valence electrons. The van der Waals surface area contributed by atoms with Crippen LogP contribution >= 0.6 is 0 Å². The van der Waals surface area contributed by atoms with Gasteiger partial charge in [0.1, 0.15) is 5.69 Å². The first-order valence-corrected chi connectivity index (χ1v) is 9.20. The lowest BCUT2D eigenvalue weighted by Crippen LogP contribution is -2.46. The Morgan fingerprint density at radius 2 is 1.89 bits per heavy atom. The highest BCUT2D eigenvalue weighted by atomic mass is 16.6. The van der Waals surface area contributed by atoms with Crippen LogP contribution in [0.15, 0.2) is 18.3 Å². The first kappa shape index (κ1) is 20.7. The normalized spacial score (nSPS) is 15.2. The second-order valence-electron chi connectivity index (χ2n) is 7.57. The van der Waals surface area contributed by atoms with Crippen LogP contribution in [0.3, 0.4) is 0 Å². The van der Waals surface area contributed by atoms with Crippen molar-refractivity contribution in [2.24, 2.45) is 0 Å². The zero-order chi connectivity index (χ0) is 20.0. The summed E-state index contributed by atoms with van der Waals surface area (Å²) in [6.07, 6.45) is 2.46. The summed E-state index contributed by atoms with van der Waals surface area (Å²) in [5.74, 6) is -0.573. The van der Waals surface area contributed by atoms with Crippen LogP contribution in [0.25, 0.3) is 0 Å². The standard InChI is InChI=1S/C19H28N4O4/c1-5-27-18(26)23-10-7-14(8-11-23)21-16(24)13-6-9-20-15(12-13)17(25)22-19(2,3)4/h6,9,12,14H,5,7-8,10-11H2,1-4H3,(H,21,24)(H,22,25). The molecule has 1 fully saturated rings. The Labute approximate surface area is 159 Å². The molecule has 3 amide bonds. The predicted molar refractivity (Wildman–Crippen MR) is 101 cm³/mol. The predicted octanol–water partition coefficient (Wildman–Crippen LogP) is 1.96. The Bertz CT molecular complexity index is 691. The van der Waals surface area contributed by atoms with Crippen molar-refractivity contribution in [2.75, 3.05) is 19.7 Å². The summed E-state index contributed by atoms with van der Waals surface area (Å²) < 4.78 is 4.99. The highest BCUT2D eigenvalue weighted by Gasteiger charge is 2.25. The Morgan fingerprint density at radius 1 is 1.22 bits per heavy atom. The molecule has 1 aliphatic heterocycles. The van der Waals surface area contributed by atoms with Crippen molar-refractivity contribution in [1.29, 1.82) is 0 Å². The minimum atomic E-state index is -0.385. The third-order valence-corrected chi connectivity index (χ3v) is 4.10. The molecule has 27 heavy (non-hydrogen) atoms. The summed E-state index contributed by atoms with van der Waals surface area (Å²) in [5.41, 5.74) is 0.204. The summed E-state index contributed by atoms with van der Waals surface area (Å²) in [6, 6.07) is 3.05. The van der Waals surface area contributed by atoms with Gasteiger partial charge < -0.3 is 20.3 Å². The zero-order valence-corrected chi connectivity index (χ0v) is 16.4. The number of carbonyl (C=O) groups excluding carboxylic acids is 3. The van der Waals surface area contributed by atoms with Gasteiger partial charge in [-0.15, -0.1) is 0 Å². The highest BCUT2D eigenvalue weighted by Crippen LogP contribution is 2.13. The van der Waals surface area contributed by atoms with Crippen LogP contribution in [0.1, 0.15) is 61.4 Å². The average molecular weight is 376 g/mol. The van der Waals surface area contributed by atoms with Crippen molar-refractivity contribution in [1.82, 2.24) is 20.5 Å². The maximum Gasteiger partial charge on any atom is 0.409 e. The van der Waals surface area contributed by atoms with E-state index in [-0.39, 0.29) is 35.2 Å². The van der Waals surface area contributed by atoms with Gasteiger partial charge in [-0.1, -0.05) is 0 Å². The molecule has 0 atom stereocenters. The van der Waals surface area contributed by atoms with Gasteiger partial charge in [0.15, 0.2) is 0 Å². The first-order valence-electron chi connectivity index (χ1n) is 9.20. The number of nitrogens with one attached hydrogen (secondary N) is 2. The van der Waals surface area contributed by atoms with Crippen molar-refractivity contribution in [3.05, 3.63) is 29.6 Å². The third kappa shape index (κ3) is 6.23. The van der Waals surface area contributed by atoms with Crippen molar-refractivity contribution in [2.45, 2.75) is 52.1 Å². The van der Waals surface area contributed by atoms with E-state index in [2.05, 4.69) is 15.6 Å². The summed E-state index contributed by atoms with van der Waals surface area (Å²) >= 11 is 0. The summed E-state index contributed by atoms with van der Waals surface area (Å²) in [4.78, 5) is 42.2. The van der Waals surface area contributed by atoms with Crippen molar-refractivity contribution in [3.63, 3.8) is 0 Å². The molecule has 0 unspecified atom stereocenters. The van der Waals surface area contributed by atoms with Gasteiger partial charge in [-0.05, 0) is 52.7 Å². The van der Waals surface area contributed by atoms with E-state index in [1.165, 1.54) is 12.3 Å². The van der Waals surface area contributed by atoms with E-state index in [4.69, 9.17) is 4.74 Å². The fraction of sp³-hybridized carbons (Fsp3) is 0.579. The number of ether oxygens (including phenoxy) is 1. The number of carbonyl (C=O) groups is 3. The van der Waals surface area contributed by atoms with Crippen molar-refractivity contribution in [3.8, 4) is 0 Å². The number of likely N-dealkylation sites (tertiary alicyclic amines) is 1. The molecule has 2 N–H and O–H groups in total. The first-order chi connectivity index (χ1) is 12.7. The molecule has 2 rings (SSSR count). The Kier molecular flexibility index (Phi) is 6.76. The number of hydrogen-bond donors (Lipinski definition) is 2. The van der Waals surface area contributed by atoms with Gasteiger partial charge >= 0.3 is 6.09 Å². The van der Waals surface area contributed by atoms with Gasteiger partial charge in [0.2, 0.25) is 0 Å². The van der Waals surface area contributed by atoms with Gasteiger partial charge in [-0.2, -0.15) is 0 Å². The minimum Gasteiger partial charge on any atom is -0.450 e. The maximum absolute atomic E-state index is 12.5. The zero-order valence-electron chi connectivity index (χ0n) is 16.4. The number of pyridine rings is 1. The van der Waals surface area contributed by atoms with Crippen LogP contribution in [0.4, 0.5) is 4.79 Å². The van der Waals surface area contributed by atoms with Gasteiger partial charge in [-0.3, -0.25) is 14.6 Å². The molecule has 0 radical (unpaired) electrons. The monoisotopic (exact) mass is 376 g/mol. The van der Waals surface area contributed by atoms with E-state index < -0.39 is 0 Å². The molecule has 8 nitrogen and oxygen atoms in total. The molecule has 1 saturated heterocycles. The second-order valence-corrected chi connectivity index (χ2v) is 7.57. The Balaban J connectivity index is 1.92. The topological polar surface area (TPSA) is 101 Å². The SMILES string of the molecule is CCOC(=O)N1CCC(NC(=O)c2ccnc(C(=O)NC(C)(C)C)c2)CC1. The molecule has 2 heterocycles. The molecule has 0 aromatic carbocycles. The Hall–Kier alpha value is -2.64. The number of nitrogens with zero attached hydrogens (tertiary/aromatic N) is 2. The number of piperidine rings is 1. The van der Waals surface area contributed by atoms with E-state index in [1.807, 2.05) is 20.8 Å². The molecule has 8 heteroatoms. The number of rotatable bonds is 4. The van der Waals surface area contributed by atoms with E-state index in [0.29, 0.717) is 38.1 Å². The lowest BCUT2D eigenvalue weighted by molar-refractivity contribution is 0.0859. The molecule has 0 aliphatic carbocycles. The molecule has 0 bridgehead atoms. The van der Waals surface area contributed by atoms with Crippen LogP contribution in [-0.4, -0.2) is 59.1 Å². The minimum absolute atomic E-state index is 0.0248. The van der Waals surface area contributed by atoms with Gasteiger partial charge in [-0.25, -0.2) is 4.79 Å². The highest BCUT2D eigenvalue weighted by molar-refractivity contribution is 5.98. The van der Waals surface area contributed by atoms with Crippen LogP contribution in [0, 0.1) is 0 Å².